The van der Waals surface area contributed by atoms with Crippen molar-refractivity contribution in [3.63, 3.8) is 0 Å². The van der Waals surface area contributed by atoms with E-state index in [0.717, 1.165) is 31.5 Å². The van der Waals surface area contributed by atoms with Gasteiger partial charge in [0.1, 0.15) is 5.15 Å². The van der Waals surface area contributed by atoms with Gasteiger partial charge in [-0.25, -0.2) is 4.98 Å². The third kappa shape index (κ3) is 5.05. The van der Waals surface area contributed by atoms with Gasteiger partial charge in [0.15, 0.2) is 0 Å². The SMILES string of the molecule is CCCCCCNC(=O)c1cc(Cl)nc(CC)c1. The normalized spacial score (nSPS) is 10.4. The number of aryl methyl sites for hydroxylation is 1. The molecule has 0 bridgehead atoms. The van der Waals surface area contributed by atoms with E-state index in [2.05, 4.69) is 17.2 Å². The first-order chi connectivity index (χ1) is 8.67. The number of unbranched alkanes of at least 4 members (excludes halogenated alkanes) is 3. The van der Waals surface area contributed by atoms with E-state index in [4.69, 9.17) is 11.6 Å². The van der Waals surface area contributed by atoms with Crippen molar-refractivity contribution >= 4 is 17.5 Å². The van der Waals surface area contributed by atoms with Gasteiger partial charge in [0, 0.05) is 17.8 Å². The van der Waals surface area contributed by atoms with Crippen molar-refractivity contribution in [2.24, 2.45) is 0 Å². The van der Waals surface area contributed by atoms with Crippen LogP contribution in [0, 0.1) is 0 Å². The minimum atomic E-state index is -0.0644. The Labute approximate surface area is 114 Å². The molecule has 0 spiro atoms. The summed E-state index contributed by atoms with van der Waals surface area (Å²) >= 11 is 5.88. The summed E-state index contributed by atoms with van der Waals surface area (Å²) in [6.07, 6.45) is 5.38. The Bertz CT molecular complexity index is 393. The van der Waals surface area contributed by atoms with Crippen molar-refractivity contribution < 1.29 is 4.79 Å². The molecule has 100 valence electrons. The molecule has 0 fully saturated rings. The summed E-state index contributed by atoms with van der Waals surface area (Å²) < 4.78 is 0. The zero-order chi connectivity index (χ0) is 13.4. The molecule has 0 unspecified atom stereocenters. The van der Waals surface area contributed by atoms with Crippen LogP contribution < -0.4 is 5.32 Å². The molecule has 1 heterocycles. The number of pyridine rings is 1. The Morgan fingerprint density at radius 1 is 1.28 bits per heavy atom. The molecule has 18 heavy (non-hydrogen) atoms. The summed E-state index contributed by atoms with van der Waals surface area (Å²) in [5.41, 5.74) is 1.45. The fourth-order valence-corrected chi connectivity index (χ4v) is 1.95. The Kier molecular flexibility index (Phi) is 6.73. The number of nitrogens with zero attached hydrogens (tertiary/aromatic N) is 1. The lowest BCUT2D eigenvalue weighted by Gasteiger charge is -2.06. The van der Waals surface area contributed by atoms with Gasteiger partial charge in [-0.15, -0.1) is 0 Å². The number of hydrogen-bond acceptors (Lipinski definition) is 2. The Hall–Kier alpha value is -1.09. The van der Waals surface area contributed by atoms with Crippen LogP contribution in [0.25, 0.3) is 0 Å². The molecular weight excluding hydrogens is 248 g/mol. The third-order valence-electron chi connectivity index (χ3n) is 2.79. The van der Waals surface area contributed by atoms with Crippen molar-refractivity contribution in [1.82, 2.24) is 10.3 Å². The van der Waals surface area contributed by atoms with E-state index in [-0.39, 0.29) is 5.91 Å². The Morgan fingerprint density at radius 2 is 2.06 bits per heavy atom. The van der Waals surface area contributed by atoms with Crippen LogP contribution in [0.4, 0.5) is 0 Å². The maximum atomic E-state index is 11.9. The lowest BCUT2D eigenvalue weighted by Crippen LogP contribution is -2.24. The van der Waals surface area contributed by atoms with E-state index >= 15 is 0 Å². The summed E-state index contributed by atoms with van der Waals surface area (Å²) in [6.45, 7) is 4.88. The van der Waals surface area contributed by atoms with Crippen LogP contribution in [0.5, 0.6) is 0 Å². The number of amides is 1. The monoisotopic (exact) mass is 268 g/mol. The number of halogens is 1. The van der Waals surface area contributed by atoms with E-state index in [1.807, 2.05) is 6.92 Å². The second kappa shape index (κ2) is 8.09. The largest absolute Gasteiger partial charge is 0.352 e. The van der Waals surface area contributed by atoms with Crippen molar-refractivity contribution in [1.29, 1.82) is 0 Å². The van der Waals surface area contributed by atoms with Gasteiger partial charge in [-0.2, -0.15) is 0 Å². The molecule has 1 aromatic rings. The van der Waals surface area contributed by atoms with Crippen molar-refractivity contribution in [2.45, 2.75) is 46.0 Å². The minimum Gasteiger partial charge on any atom is -0.352 e. The van der Waals surface area contributed by atoms with Gasteiger partial charge in [-0.05, 0) is 25.0 Å². The maximum Gasteiger partial charge on any atom is 0.251 e. The smallest absolute Gasteiger partial charge is 0.251 e. The quantitative estimate of drug-likeness (QED) is 0.606. The molecular formula is C14H21ClN2O. The average Bonchev–Trinajstić information content (AvgIpc) is 2.37. The fraction of sp³-hybridized carbons (Fsp3) is 0.571. The lowest BCUT2D eigenvalue weighted by atomic mass is 10.2. The molecule has 0 aliphatic heterocycles. The molecule has 0 atom stereocenters. The third-order valence-corrected chi connectivity index (χ3v) is 2.98. The Balaban J connectivity index is 2.48. The highest BCUT2D eigenvalue weighted by atomic mass is 35.5. The predicted molar refractivity (Wildman–Crippen MR) is 75.1 cm³/mol. The highest BCUT2D eigenvalue weighted by Crippen LogP contribution is 2.11. The topological polar surface area (TPSA) is 42.0 Å². The number of aromatic nitrogens is 1. The molecule has 0 aliphatic carbocycles. The van der Waals surface area contributed by atoms with Crippen LogP contribution in [0.1, 0.15) is 55.6 Å². The molecule has 1 rings (SSSR count). The number of rotatable bonds is 7. The zero-order valence-electron chi connectivity index (χ0n) is 11.1. The number of hydrogen-bond donors (Lipinski definition) is 1. The summed E-state index contributed by atoms with van der Waals surface area (Å²) in [7, 11) is 0. The van der Waals surface area contributed by atoms with Crippen LogP contribution in [0.3, 0.4) is 0 Å². The second-order valence-corrected chi connectivity index (χ2v) is 4.73. The minimum absolute atomic E-state index is 0.0644. The molecule has 0 saturated heterocycles. The molecule has 0 saturated carbocycles. The molecule has 0 aromatic carbocycles. The lowest BCUT2D eigenvalue weighted by molar-refractivity contribution is 0.0952. The summed E-state index contributed by atoms with van der Waals surface area (Å²) in [5, 5.41) is 3.29. The molecule has 1 N–H and O–H groups in total. The maximum absolute atomic E-state index is 11.9. The van der Waals surface area contributed by atoms with Gasteiger partial charge in [0.05, 0.1) is 0 Å². The van der Waals surface area contributed by atoms with E-state index in [0.29, 0.717) is 10.7 Å². The number of carbonyl (C=O) groups excluding carboxylic acids is 1. The molecule has 0 aliphatic rings. The van der Waals surface area contributed by atoms with Crippen LogP contribution in [-0.4, -0.2) is 17.4 Å². The van der Waals surface area contributed by atoms with Crippen molar-refractivity contribution in [3.8, 4) is 0 Å². The van der Waals surface area contributed by atoms with Gasteiger partial charge in [-0.3, -0.25) is 4.79 Å². The standard InChI is InChI=1S/C14H21ClN2O/c1-3-5-6-7-8-16-14(18)11-9-12(4-2)17-13(15)10-11/h9-10H,3-8H2,1-2H3,(H,16,18). The summed E-state index contributed by atoms with van der Waals surface area (Å²) in [6, 6.07) is 3.41. The van der Waals surface area contributed by atoms with Gasteiger partial charge in [0.2, 0.25) is 0 Å². The van der Waals surface area contributed by atoms with Crippen LogP contribution >= 0.6 is 11.6 Å². The van der Waals surface area contributed by atoms with Gasteiger partial charge >= 0.3 is 0 Å². The van der Waals surface area contributed by atoms with Gasteiger partial charge in [-0.1, -0.05) is 44.7 Å². The van der Waals surface area contributed by atoms with Crippen LogP contribution in [-0.2, 0) is 6.42 Å². The zero-order valence-corrected chi connectivity index (χ0v) is 11.9. The molecule has 4 heteroatoms. The second-order valence-electron chi connectivity index (χ2n) is 4.34. The first-order valence-corrected chi connectivity index (χ1v) is 6.99. The van der Waals surface area contributed by atoms with Gasteiger partial charge in [0.25, 0.3) is 5.91 Å². The molecule has 0 radical (unpaired) electrons. The first-order valence-electron chi connectivity index (χ1n) is 6.62. The number of nitrogens with one attached hydrogen (secondary N) is 1. The molecule has 1 aromatic heterocycles. The van der Waals surface area contributed by atoms with E-state index in [1.54, 1.807) is 12.1 Å². The first kappa shape index (κ1) is 15.0. The van der Waals surface area contributed by atoms with E-state index < -0.39 is 0 Å². The van der Waals surface area contributed by atoms with E-state index in [1.165, 1.54) is 12.8 Å². The molecule has 1 amide bonds. The van der Waals surface area contributed by atoms with Crippen molar-refractivity contribution in [2.75, 3.05) is 6.54 Å². The van der Waals surface area contributed by atoms with Crippen LogP contribution in [0.15, 0.2) is 12.1 Å². The summed E-state index contributed by atoms with van der Waals surface area (Å²) in [4.78, 5) is 16.0. The highest BCUT2D eigenvalue weighted by Gasteiger charge is 2.07. The highest BCUT2D eigenvalue weighted by molar-refractivity contribution is 6.29. The number of carbonyl (C=O) groups is 1. The van der Waals surface area contributed by atoms with E-state index in [9.17, 15) is 4.79 Å². The fourth-order valence-electron chi connectivity index (χ4n) is 1.72. The molecule has 3 nitrogen and oxygen atoms in total. The summed E-state index contributed by atoms with van der Waals surface area (Å²) in [5.74, 6) is -0.0644. The van der Waals surface area contributed by atoms with Gasteiger partial charge < -0.3 is 5.32 Å². The average molecular weight is 269 g/mol. The van der Waals surface area contributed by atoms with Crippen LogP contribution in [0.2, 0.25) is 5.15 Å². The predicted octanol–water partition coefficient (Wildman–Crippen LogP) is 3.61. The Morgan fingerprint density at radius 3 is 2.72 bits per heavy atom. The van der Waals surface area contributed by atoms with Crippen molar-refractivity contribution in [3.05, 3.63) is 28.5 Å².